The predicted octanol–water partition coefficient (Wildman–Crippen LogP) is 0.133. The summed E-state index contributed by atoms with van der Waals surface area (Å²) >= 11 is 0. The first-order chi connectivity index (χ1) is 20.2. The summed E-state index contributed by atoms with van der Waals surface area (Å²) in [5.41, 5.74) is 4.57. The van der Waals surface area contributed by atoms with Crippen molar-refractivity contribution in [3.05, 3.63) is 52.6 Å². The molecule has 0 spiro atoms. The number of nitrogens with two attached hydrogens (primary N) is 1. The number of ketones is 3. The highest BCUT2D eigenvalue weighted by molar-refractivity contribution is 6.25. The number of rotatable bonds is 4. The number of carbonyl (C=O) groups excluding carboxylic acids is 4. The van der Waals surface area contributed by atoms with Crippen LogP contribution in [-0.2, 0) is 20.8 Å². The van der Waals surface area contributed by atoms with Gasteiger partial charge in [0.2, 0.25) is 5.91 Å². The number of phenolic OH excluding ortho intramolecular Hbond substituents is 1. The quantitative estimate of drug-likeness (QED) is 0.284. The molecule has 5 rings (SSSR count). The van der Waals surface area contributed by atoms with Crippen molar-refractivity contribution in [2.45, 2.75) is 30.6 Å². The minimum absolute atomic E-state index is 0.0419. The monoisotopic (exact) mass is 589 g/mol. The van der Waals surface area contributed by atoms with Gasteiger partial charge in [-0.3, -0.25) is 19.2 Å². The fourth-order valence-corrected chi connectivity index (χ4v) is 7.20. The van der Waals surface area contributed by atoms with Gasteiger partial charge in [-0.1, -0.05) is 17.9 Å². The number of anilines is 1. The Labute approximate surface area is 249 Å². The molecule has 3 aliphatic rings. The molecule has 3 unspecified atom stereocenters. The molecule has 2 aromatic rings. The molecule has 226 valence electrons. The highest BCUT2D eigenvalue weighted by Gasteiger charge is 2.69. The lowest BCUT2D eigenvalue weighted by Crippen LogP contribution is -2.75. The molecular weight excluding hydrogens is 554 g/mol. The minimum Gasteiger partial charge on any atom is -0.506 e. The van der Waals surface area contributed by atoms with Crippen LogP contribution in [0.2, 0.25) is 0 Å². The number of aliphatic hydroxyl groups is 2. The molecule has 0 bridgehead atoms. The van der Waals surface area contributed by atoms with Crippen LogP contribution in [0.15, 0.2) is 30.3 Å². The zero-order valence-electron chi connectivity index (χ0n) is 24.6. The van der Waals surface area contributed by atoms with E-state index in [9.17, 15) is 34.5 Å². The van der Waals surface area contributed by atoms with E-state index in [2.05, 4.69) is 11.8 Å². The lowest BCUT2D eigenvalue weighted by Gasteiger charge is -2.55. The van der Waals surface area contributed by atoms with Crippen molar-refractivity contribution >= 4 is 28.9 Å². The summed E-state index contributed by atoms with van der Waals surface area (Å²) in [6.07, 6.45) is -1.31. The summed E-state index contributed by atoms with van der Waals surface area (Å²) in [5, 5.41) is 34.2. The third-order valence-electron chi connectivity index (χ3n) is 9.16. The number of hydrogen-bond acceptors (Lipinski definition) is 10. The number of amides is 1. The van der Waals surface area contributed by atoms with Gasteiger partial charge < -0.3 is 35.6 Å². The van der Waals surface area contributed by atoms with Gasteiger partial charge >= 0.3 is 0 Å². The number of nitrogens with zero attached hydrogens (tertiary/aromatic N) is 2. The van der Waals surface area contributed by atoms with E-state index in [0.29, 0.717) is 22.6 Å². The molecule has 2 saturated carbocycles. The number of methoxy groups -OCH3 is 1. The summed E-state index contributed by atoms with van der Waals surface area (Å²) in [7, 11) is 8.32. The smallest absolute Gasteiger partial charge is 0.230 e. The molecule has 43 heavy (non-hydrogen) atoms. The highest BCUT2D eigenvalue weighted by atomic mass is 16.5. The van der Waals surface area contributed by atoms with Crippen LogP contribution in [0, 0.1) is 35.5 Å². The standard InChI is InChI=1S/C32H35N3O8/c1-34(2)21-14-16(10-9-15-7-6-8-18(11-15)43-5)26(36)23-19(21)12-17-13-20-25(35(3)4)28(38)24(31(33)41)30(40)32(20,42)29(39)22(17)27(23)37/h6-8,11,14,17,20,22,24-25,28,36,38,42H,12-13H2,1-5H3,(H2,33,41)/t17-,20-,22?,24?,25-,28?,32-/m1/s1. The minimum atomic E-state index is -2.72. The molecule has 11 heteroatoms. The zero-order valence-corrected chi connectivity index (χ0v) is 24.6. The number of ether oxygens (including phenoxy) is 1. The van der Waals surface area contributed by atoms with Crippen molar-refractivity contribution in [3.63, 3.8) is 0 Å². The first kappa shape index (κ1) is 30.2. The second-order valence-electron chi connectivity index (χ2n) is 12.0. The van der Waals surface area contributed by atoms with Crippen LogP contribution in [-0.4, -0.2) is 96.5 Å². The van der Waals surface area contributed by atoms with E-state index in [0.717, 1.165) is 0 Å². The maximum absolute atomic E-state index is 14.1. The fraction of sp³-hybridized carbons (Fsp3) is 0.438. The lowest BCUT2D eigenvalue weighted by atomic mass is 9.52. The van der Waals surface area contributed by atoms with Crippen LogP contribution in [0.25, 0.3) is 0 Å². The Morgan fingerprint density at radius 3 is 2.40 bits per heavy atom. The van der Waals surface area contributed by atoms with Gasteiger partial charge in [0.05, 0.1) is 30.3 Å². The molecule has 0 aliphatic heterocycles. The van der Waals surface area contributed by atoms with Crippen LogP contribution in [0.5, 0.6) is 11.5 Å². The largest absolute Gasteiger partial charge is 0.506 e. The van der Waals surface area contributed by atoms with Crippen LogP contribution in [0.3, 0.4) is 0 Å². The number of Topliss-reactive ketones (excluding diaryl/α,β-unsaturated/α-hetero) is 3. The number of fused-ring (bicyclic) bond motifs is 3. The first-order valence-corrected chi connectivity index (χ1v) is 13.9. The summed E-state index contributed by atoms with van der Waals surface area (Å²) in [4.78, 5) is 57.4. The van der Waals surface area contributed by atoms with E-state index < -0.39 is 70.4 Å². The number of likely N-dealkylation sites (N-methyl/N-ethyl adjacent to an activating group) is 1. The summed E-state index contributed by atoms with van der Waals surface area (Å²) in [6.45, 7) is 0. The lowest BCUT2D eigenvalue weighted by molar-refractivity contribution is -0.190. The molecule has 2 fully saturated rings. The number of carbonyl (C=O) groups is 4. The summed E-state index contributed by atoms with van der Waals surface area (Å²) in [5.74, 6) is -3.04. The Morgan fingerprint density at radius 1 is 1.09 bits per heavy atom. The molecule has 3 aliphatic carbocycles. The number of hydrogen-bond donors (Lipinski definition) is 4. The van der Waals surface area contributed by atoms with Crippen LogP contribution in [0.1, 0.15) is 33.5 Å². The van der Waals surface area contributed by atoms with Gasteiger partial charge in [0, 0.05) is 37.3 Å². The summed E-state index contributed by atoms with van der Waals surface area (Å²) < 4.78 is 5.24. The fourth-order valence-electron chi connectivity index (χ4n) is 7.20. The Balaban J connectivity index is 1.64. The van der Waals surface area contributed by atoms with Gasteiger partial charge in [0.25, 0.3) is 0 Å². The van der Waals surface area contributed by atoms with E-state index in [4.69, 9.17) is 10.5 Å². The number of aliphatic hydroxyl groups excluding tert-OH is 1. The Kier molecular flexibility index (Phi) is 7.59. The first-order valence-electron chi connectivity index (χ1n) is 13.9. The van der Waals surface area contributed by atoms with Gasteiger partial charge in [-0.15, -0.1) is 0 Å². The molecule has 11 nitrogen and oxygen atoms in total. The van der Waals surface area contributed by atoms with Crippen molar-refractivity contribution in [2.24, 2.45) is 29.4 Å². The van der Waals surface area contributed by atoms with Crippen molar-refractivity contribution in [1.82, 2.24) is 4.90 Å². The van der Waals surface area contributed by atoms with Gasteiger partial charge in [-0.25, -0.2) is 0 Å². The number of benzene rings is 2. The maximum Gasteiger partial charge on any atom is 0.230 e. The van der Waals surface area contributed by atoms with Crippen molar-refractivity contribution in [3.8, 4) is 23.3 Å². The van der Waals surface area contributed by atoms with E-state index in [1.807, 2.05) is 0 Å². The second-order valence-corrected chi connectivity index (χ2v) is 12.0. The average molecular weight is 590 g/mol. The number of phenols is 1. The van der Waals surface area contributed by atoms with Crippen LogP contribution < -0.4 is 15.4 Å². The molecule has 0 saturated heterocycles. The van der Waals surface area contributed by atoms with E-state index in [-0.39, 0.29) is 24.0 Å². The Morgan fingerprint density at radius 2 is 1.79 bits per heavy atom. The normalized spacial score (nSPS) is 29.6. The van der Waals surface area contributed by atoms with E-state index in [1.54, 1.807) is 68.3 Å². The molecule has 2 aromatic carbocycles. The van der Waals surface area contributed by atoms with Gasteiger partial charge in [0.1, 0.15) is 17.4 Å². The summed E-state index contributed by atoms with van der Waals surface area (Å²) in [6, 6.07) is 7.75. The van der Waals surface area contributed by atoms with Gasteiger partial charge in [0.15, 0.2) is 23.0 Å². The topological polar surface area (TPSA) is 171 Å². The van der Waals surface area contributed by atoms with E-state index in [1.165, 1.54) is 7.11 Å². The second kappa shape index (κ2) is 10.8. The third-order valence-corrected chi connectivity index (χ3v) is 9.16. The molecular formula is C32H35N3O8. The average Bonchev–Trinajstić information content (AvgIpc) is 2.94. The molecule has 7 atom stereocenters. The van der Waals surface area contributed by atoms with Crippen molar-refractivity contribution in [1.29, 1.82) is 0 Å². The SMILES string of the molecule is COc1cccc(C#Cc2cc(N(C)C)c3c(c2O)C(=O)C2C(=O)[C@@]4(O)C(=O)C(C(N)=O)C(O)[C@H](N(C)C)[C@H]4C[C@H]2C3)c1. The van der Waals surface area contributed by atoms with Crippen molar-refractivity contribution < 1.29 is 39.2 Å². The Hall–Kier alpha value is -4.24. The van der Waals surface area contributed by atoms with Crippen molar-refractivity contribution in [2.75, 3.05) is 40.2 Å². The Bertz CT molecular complexity index is 1610. The molecule has 5 N–H and O–H groups in total. The number of primary amides is 1. The molecule has 0 aromatic heterocycles. The van der Waals surface area contributed by atoms with Gasteiger partial charge in [-0.05, 0) is 62.7 Å². The number of aromatic hydroxyl groups is 1. The molecule has 1 amide bonds. The third kappa shape index (κ3) is 4.57. The van der Waals surface area contributed by atoms with E-state index >= 15 is 0 Å². The van der Waals surface area contributed by atoms with Crippen LogP contribution in [0.4, 0.5) is 5.69 Å². The molecule has 0 heterocycles. The zero-order chi connectivity index (χ0) is 31.5. The van der Waals surface area contributed by atoms with Gasteiger partial charge in [-0.2, -0.15) is 0 Å². The van der Waals surface area contributed by atoms with Crippen LogP contribution >= 0.6 is 0 Å². The predicted molar refractivity (Wildman–Crippen MR) is 156 cm³/mol. The highest BCUT2D eigenvalue weighted by Crippen LogP contribution is 2.52. The maximum atomic E-state index is 14.1. The molecule has 0 radical (unpaired) electrons.